The standard InChI is InChI=1S/C27H33ClFN5O2/c1-3-20-10-21(8-16(2)34(20)13-17-4-5-17)36-25-9-19(29)6-7-22(25)27(35)33-14-23(24(30)15-33)26-31-11-18(28)12-32-26/h6-7,9,11-12,16-17,20-21H,3-5,8,10,13-15,30H2,1-2H3. The Balaban J connectivity index is 1.31. The molecule has 1 aliphatic carbocycles. The van der Waals surface area contributed by atoms with Crippen LogP contribution in [-0.2, 0) is 0 Å². The second kappa shape index (κ2) is 10.3. The molecule has 1 amide bonds. The number of nitrogens with zero attached hydrogens (tertiary/aromatic N) is 4. The first-order valence-electron chi connectivity index (χ1n) is 12.8. The second-order valence-corrected chi connectivity index (χ2v) is 10.7. The Kier molecular flexibility index (Phi) is 7.17. The lowest BCUT2D eigenvalue weighted by Crippen LogP contribution is -2.51. The summed E-state index contributed by atoms with van der Waals surface area (Å²) in [6.07, 6.45) is 8.35. The Bertz CT molecular complexity index is 1150. The van der Waals surface area contributed by atoms with Crippen molar-refractivity contribution in [1.29, 1.82) is 0 Å². The minimum absolute atomic E-state index is 0.0754. The summed E-state index contributed by atoms with van der Waals surface area (Å²) in [5, 5.41) is 0.426. The highest BCUT2D eigenvalue weighted by Gasteiger charge is 2.37. The quantitative estimate of drug-likeness (QED) is 0.586. The van der Waals surface area contributed by atoms with Crippen LogP contribution in [0.5, 0.6) is 5.75 Å². The molecule has 0 bridgehead atoms. The number of carbonyl (C=O) groups excluding carboxylic acids is 1. The number of hydrogen-bond donors (Lipinski definition) is 1. The summed E-state index contributed by atoms with van der Waals surface area (Å²) in [4.78, 5) is 26.2. The average Bonchev–Trinajstić information content (AvgIpc) is 3.59. The molecule has 3 aliphatic rings. The molecule has 3 atom stereocenters. The Morgan fingerprint density at radius 1 is 1.22 bits per heavy atom. The molecule has 5 rings (SSSR count). The maximum atomic E-state index is 14.3. The van der Waals surface area contributed by atoms with Gasteiger partial charge >= 0.3 is 0 Å². The molecule has 7 nitrogen and oxygen atoms in total. The van der Waals surface area contributed by atoms with E-state index in [1.165, 1.54) is 43.4 Å². The Hall–Kier alpha value is -2.71. The monoisotopic (exact) mass is 513 g/mol. The Morgan fingerprint density at radius 3 is 2.67 bits per heavy atom. The number of hydrogen-bond acceptors (Lipinski definition) is 6. The van der Waals surface area contributed by atoms with Crippen molar-refractivity contribution in [2.75, 3.05) is 19.6 Å². The van der Waals surface area contributed by atoms with Crippen LogP contribution in [-0.4, -0.2) is 63.5 Å². The summed E-state index contributed by atoms with van der Waals surface area (Å²) in [7, 11) is 0. The number of likely N-dealkylation sites (tertiary alicyclic amines) is 1. The van der Waals surface area contributed by atoms with E-state index in [1.807, 2.05) is 0 Å². The summed E-state index contributed by atoms with van der Waals surface area (Å²) in [5.74, 6) is 0.874. The summed E-state index contributed by atoms with van der Waals surface area (Å²) >= 11 is 5.90. The molecule has 2 N–H and O–H groups in total. The van der Waals surface area contributed by atoms with Crippen molar-refractivity contribution in [2.45, 2.75) is 64.1 Å². The molecule has 2 aromatic rings. The highest BCUT2D eigenvalue weighted by Crippen LogP contribution is 2.36. The molecule has 2 fully saturated rings. The lowest BCUT2D eigenvalue weighted by atomic mass is 9.91. The molecular weight excluding hydrogens is 481 g/mol. The van der Waals surface area contributed by atoms with Gasteiger partial charge < -0.3 is 15.4 Å². The van der Waals surface area contributed by atoms with E-state index in [2.05, 4.69) is 28.7 Å². The molecular formula is C27H33ClFN5O2. The van der Waals surface area contributed by atoms with Crippen LogP contribution in [0, 0.1) is 11.7 Å². The van der Waals surface area contributed by atoms with E-state index in [0.29, 0.717) is 39.8 Å². The third-order valence-electron chi connectivity index (χ3n) is 7.55. The number of nitrogens with two attached hydrogens (primary N) is 1. The zero-order valence-electron chi connectivity index (χ0n) is 20.8. The van der Waals surface area contributed by atoms with Crippen LogP contribution >= 0.6 is 11.6 Å². The van der Waals surface area contributed by atoms with Crippen molar-refractivity contribution < 1.29 is 13.9 Å². The van der Waals surface area contributed by atoms with Gasteiger partial charge in [0.15, 0.2) is 5.82 Å². The Morgan fingerprint density at radius 2 is 1.97 bits per heavy atom. The molecule has 192 valence electrons. The molecule has 0 spiro atoms. The van der Waals surface area contributed by atoms with E-state index in [1.54, 1.807) is 4.90 Å². The fraction of sp³-hybridized carbons (Fsp3) is 0.519. The van der Waals surface area contributed by atoms with Gasteiger partial charge in [0.05, 0.1) is 23.7 Å². The number of halogens is 2. The minimum atomic E-state index is -0.429. The fourth-order valence-electron chi connectivity index (χ4n) is 5.43. The normalized spacial score (nSPS) is 24.9. The molecule has 0 radical (unpaired) electrons. The molecule has 1 saturated heterocycles. The second-order valence-electron chi connectivity index (χ2n) is 10.3. The van der Waals surface area contributed by atoms with E-state index >= 15 is 0 Å². The van der Waals surface area contributed by atoms with Crippen molar-refractivity contribution in [2.24, 2.45) is 11.7 Å². The van der Waals surface area contributed by atoms with Gasteiger partial charge in [0.25, 0.3) is 5.91 Å². The molecule has 3 heterocycles. The molecule has 1 saturated carbocycles. The van der Waals surface area contributed by atoms with Gasteiger partial charge in [-0.1, -0.05) is 18.5 Å². The first-order valence-corrected chi connectivity index (χ1v) is 13.2. The zero-order valence-corrected chi connectivity index (χ0v) is 21.5. The van der Waals surface area contributed by atoms with Crippen LogP contribution in [0.4, 0.5) is 4.39 Å². The van der Waals surface area contributed by atoms with Crippen LogP contribution in [0.25, 0.3) is 5.57 Å². The van der Waals surface area contributed by atoms with Crippen LogP contribution in [0.15, 0.2) is 36.3 Å². The highest BCUT2D eigenvalue weighted by molar-refractivity contribution is 6.30. The van der Waals surface area contributed by atoms with E-state index < -0.39 is 5.82 Å². The molecule has 1 aromatic heterocycles. The number of amides is 1. The largest absolute Gasteiger partial charge is 0.489 e. The molecule has 36 heavy (non-hydrogen) atoms. The van der Waals surface area contributed by atoms with Crippen LogP contribution in [0.3, 0.4) is 0 Å². The molecule has 1 aromatic carbocycles. The van der Waals surface area contributed by atoms with Gasteiger partial charge in [0, 0.05) is 48.4 Å². The minimum Gasteiger partial charge on any atom is -0.489 e. The van der Waals surface area contributed by atoms with Gasteiger partial charge in [0.2, 0.25) is 0 Å². The van der Waals surface area contributed by atoms with Crippen molar-refractivity contribution >= 4 is 23.1 Å². The number of aromatic nitrogens is 2. The van der Waals surface area contributed by atoms with Gasteiger partial charge in [-0.05, 0) is 57.1 Å². The topological polar surface area (TPSA) is 84.6 Å². The van der Waals surface area contributed by atoms with E-state index in [4.69, 9.17) is 22.1 Å². The summed E-state index contributed by atoms with van der Waals surface area (Å²) < 4.78 is 20.7. The maximum Gasteiger partial charge on any atom is 0.258 e. The summed E-state index contributed by atoms with van der Waals surface area (Å²) in [6, 6.07) is 4.93. The van der Waals surface area contributed by atoms with E-state index in [-0.39, 0.29) is 30.9 Å². The Labute approximate surface area is 216 Å². The van der Waals surface area contributed by atoms with Crippen molar-refractivity contribution in [3.05, 3.63) is 58.5 Å². The summed E-state index contributed by atoms with van der Waals surface area (Å²) in [5.41, 5.74) is 7.79. The van der Waals surface area contributed by atoms with Gasteiger partial charge in [0.1, 0.15) is 17.7 Å². The van der Waals surface area contributed by atoms with Gasteiger partial charge in [-0.25, -0.2) is 14.4 Å². The van der Waals surface area contributed by atoms with Crippen molar-refractivity contribution in [1.82, 2.24) is 19.8 Å². The molecule has 9 heteroatoms. The lowest BCUT2D eigenvalue weighted by molar-refractivity contribution is 0.0137. The third-order valence-corrected chi connectivity index (χ3v) is 7.75. The van der Waals surface area contributed by atoms with Gasteiger partial charge in [-0.2, -0.15) is 0 Å². The smallest absolute Gasteiger partial charge is 0.258 e. The number of benzene rings is 1. The lowest BCUT2D eigenvalue weighted by Gasteiger charge is -2.44. The predicted octanol–water partition coefficient (Wildman–Crippen LogP) is 4.52. The van der Waals surface area contributed by atoms with E-state index in [0.717, 1.165) is 31.7 Å². The summed E-state index contributed by atoms with van der Waals surface area (Å²) in [6.45, 7) is 6.11. The highest BCUT2D eigenvalue weighted by atomic mass is 35.5. The first-order chi connectivity index (χ1) is 17.3. The first kappa shape index (κ1) is 25.0. The molecule has 2 aliphatic heterocycles. The van der Waals surface area contributed by atoms with Crippen molar-refractivity contribution in [3.8, 4) is 5.75 Å². The van der Waals surface area contributed by atoms with Crippen LogP contribution in [0.2, 0.25) is 5.02 Å². The predicted molar refractivity (Wildman–Crippen MR) is 137 cm³/mol. The van der Waals surface area contributed by atoms with Crippen molar-refractivity contribution in [3.63, 3.8) is 0 Å². The van der Waals surface area contributed by atoms with Crippen LogP contribution < -0.4 is 10.5 Å². The fourth-order valence-corrected chi connectivity index (χ4v) is 5.53. The van der Waals surface area contributed by atoms with E-state index in [9.17, 15) is 9.18 Å². The third kappa shape index (κ3) is 5.34. The van der Waals surface area contributed by atoms with Gasteiger partial charge in [-0.3, -0.25) is 9.69 Å². The maximum absolute atomic E-state index is 14.3. The average molecular weight is 514 g/mol. The number of ether oxygens (including phenoxy) is 1. The molecule has 3 unspecified atom stereocenters. The number of piperidine rings is 1. The number of carbonyl (C=O) groups is 1. The van der Waals surface area contributed by atoms with Gasteiger partial charge in [-0.15, -0.1) is 0 Å². The van der Waals surface area contributed by atoms with Crippen LogP contribution in [0.1, 0.15) is 62.1 Å². The zero-order chi connectivity index (χ0) is 25.4. The number of rotatable bonds is 7. The SMILES string of the molecule is CCC1CC(Oc2cc(F)ccc2C(=O)N2CC(N)=C(c3ncc(Cl)cn3)C2)CC(C)N1CC1CC1.